The lowest BCUT2D eigenvalue weighted by Crippen LogP contribution is -2.67. The van der Waals surface area contributed by atoms with Gasteiger partial charge in [0.1, 0.15) is 0 Å². The van der Waals surface area contributed by atoms with Crippen LogP contribution in [0.4, 0.5) is 0 Å². The first kappa shape index (κ1) is 16.8. The maximum atomic E-state index is 11.4. The molecule has 1 aliphatic carbocycles. The Morgan fingerprint density at radius 2 is 1.58 bits per heavy atom. The molecule has 24 heavy (non-hydrogen) atoms. The predicted molar refractivity (Wildman–Crippen MR) is 96.8 cm³/mol. The Morgan fingerprint density at radius 3 is 2.12 bits per heavy atom. The molecule has 0 bridgehead atoms. The molecule has 4 aliphatic rings. The zero-order chi connectivity index (χ0) is 16.9. The number of nitrogens with zero attached hydrogens (tertiary/aromatic N) is 3. The fraction of sp³-hybridized carbons (Fsp3) is 0.950. The summed E-state index contributed by atoms with van der Waals surface area (Å²) >= 11 is 0. The molecule has 0 aromatic rings. The molecule has 1 unspecified atom stereocenters. The SMILES string of the molecule is CC(=O)N1CC2(CC(N3CCC(N4CCC(C(C)C)C4)CC3)C2)C1. The normalized spacial score (nSPS) is 32.3. The standard InChI is InChI=1S/C20H35N3O/c1-15(2)17-4-7-22(12-17)18-5-8-21(9-6-18)19-10-20(11-19)13-23(14-20)16(3)24/h15,17-19H,4-14H2,1-3H3. The highest BCUT2D eigenvalue weighted by atomic mass is 16.2. The van der Waals surface area contributed by atoms with E-state index in [1.807, 2.05) is 4.90 Å². The van der Waals surface area contributed by atoms with E-state index >= 15 is 0 Å². The largest absolute Gasteiger partial charge is 0.342 e. The number of hydrogen-bond donors (Lipinski definition) is 0. The first-order valence-corrected chi connectivity index (χ1v) is 10.2. The van der Waals surface area contributed by atoms with Crippen LogP contribution >= 0.6 is 0 Å². The fourth-order valence-electron chi connectivity index (χ4n) is 5.75. The molecule has 0 aromatic heterocycles. The van der Waals surface area contributed by atoms with Gasteiger partial charge in [0.05, 0.1) is 0 Å². The van der Waals surface area contributed by atoms with E-state index in [1.54, 1.807) is 6.92 Å². The minimum Gasteiger partial charge on any atom is -0.342 e. The van der Waals surface area contributed by atoms with Crippen LogP contribution in [0.25, 0.3) is 0 Å². The molecule has 1 atom stereocenters. The molecular formula is C20H35N3O. The summed E-state index contributed by atoms with van der Waals surface area (Å²) in [5, 5.41) is 0. The fourth-order valence-corrected chi connectivity index (χ4v) is 5.75. The summed E-state index contributed by atoms with van der Waals surface area (Å²) in [5.74, 6) is 2.03. The van der Waals surface area contributed by atoms with E-state index in [2.05, 4.69) is 23.6 Å². The van der Waals surface area contributed by atoms with Gasteiger partial charge in [0, 0.05) is 44.1 Å². The van der Waals surface area contributed by atoms with E-state index in [0.29, 0.717) is 5.41 Å². The van der Waals surface area contributed by atoms with Crippen LogP contribution in [0.5, 0.6) is 0 Å². The lowest BCUT2D eigenvalue weighted by molar-refractivity contribution is -0.156. The van der Waals surface area contributed by atoms with Crippen molar-refractivity contribution < 1.29 is 4.79 Å². The summed E-state index contributed by atoms with van der Waals surface area (Å²) in [5.41, 5.74) is 0.507. The van der Waals surface area contributed by atoms with Gasteiger partial charge in [0.15, 0.2) is 0 Å². The van der Waals surface area contributed by atoms with E-state index in [4.69, 9.17) is 0 Å². The van der Waals surface area contributed by atoms with Crippen molar-refractivity contribution in [2.45, 2.75) is 65.0 Å². The summed E-state index contributed by atoms with van der Waals surface area (Å²) in [6.07, 6.45) is 6.82. The van der Waals surface area contributed by atoms with Gasteiger partial charge >= 0.3 is 0 Å². The summed E-state index contributed by atoms with van der Waals surface area (Å²) in [6, 6.07) is 1.65. The zero-order valence-corrected chi connectivity index (χ0v) is 15.8. The number of carbonyl (C=O) groups excluding carboxylic acids is 1. The molecule has 4 nitrogen and oxygen atoms in total. The predicted octanol–water partition coefficient (Wildman–Crippen LogP) is 2.44. The maximum absolute atomic E-state index is 11.4. The van der Waals surface area contributed by atoms with Crippen LogP contribution in [0.15, 0.2) is 0 Å². The molecule has 3 heterocycles. The topological polar surface area (TPSA) is 26.8 Å². The first-order valence-electron chi connectivity index (χ1n) is 10.2. The van der Waals surface area contributed by atoms with Crippen LogP contribution in [0.1, 0.15) is 52.9 Å². The van der Waals surface area contributed by atoms with E-state index in [9.17, 15) is 4.79 Å². The number of carbonyl (C=O) groups is 1. The van der Waals surface area contributed by atoms with Gasteiger partial charge in [-0.15, -0.1) is 0 Å². The number of rotatable bonds is 3. The van der Waals surface area contributed by atoms with E-state index < -0.39 is 0 Å². The van der Waals surface area contributed by atoms with Crippen molar-refractivity contribution in [1.82, 2.24) is 14.7 Å². The Kier molecular flexibility index (Phi) is 4.41. The third-order valence-corrected chi connectivity index (χ3v) is 7.57. The minimum atomic E-state index is 0.259. The molecule has 3 aliphatic heterocycles. The highest BCUT2D eigenvalue weighted by molar-refractivity contribution is 5.74. The van der Waals surface area contributed by atoms with Gasteiger partial charge in [-0.2, -0.15) is 0 Å². The Hall–Kier alpha value is -0.610. The van der Waals surface area contributed by atoms with Gasteiger partial charge in [0.2, 0.25) is 5.91 Å². The molecule has 0 radical (unpaired) electrons. The summed E-state index contributed by atoms with van der Waals surface area (Å²) < 4.78 is 0. The molecule has 4 heteroatoms. The van der Waals surface area contributed by atoms with Crippen molar-refractivity contribution in [3.63, 3.8) is 0 Å². The molecule has 1 spiro atoms. The maximum Gasteiger partial charge on any atom is 0.219 e. The van der Waals surface area contributed by atoms with Crippen molar-refractivity contribution in [3.05, 3.63) is 0 Å². The quantitative estimate of drug-likeness (QED) is 0.794. The number of amides is 1. The van der Waals surface area contributed by atoms with Crippen LogP contribution in [0.2, 0.25) is 0 Å². The van der Waals surface area contributed by atoms with Gasteiger partial charge in [0.25, 0.3) is 0 Å². The summed E-state index contributed by atoms with van der Waals surface area (Å²) in [4.78, 5) is 18.9. The average Bonchev–Trinajstić information content (AvgIpc) is 2.94. The molecular weight excluding hydrogens is 298 g/mol. The van der Waals surface area contributed by atoms with Gasteiger partial charge in [-0.1, -0.05) is 13.8 Å². The molecule has 4 rings (SSSR count). The van der Waals surface area contributed by atoms with Crippen molar-refractivity contribution in [1.29, 1.82) is 0 Å². The second-order valence-electron chi connectivity index (χ2n) is 9.49. The van der Waals surface area contributed by atoms with Crippen molar-refractivity contribution in [2.75, 3.05) is 39.3 Å². The van der Waals surface area contributed by atoms with Crippen LogP contribution in [-0.4, -0.2) is 72.0 Å². The van der Waals surface area contributed by atoms with Gasteiger partial charge in [-0.3, -0.25) is 9.69 Å². The molecule has 3 saturated heterocycles. The number of piperidine rings is 1. The average molecular weight is 334 g/mol. The minimum absolute atomic E-state index is 0.259. The molecule has 1 amide bonds. The number of likely N-dealkylation sites (tertiary alicyclic amines) is 3. The highest BCUT2D eigenvalue weighted by Crippen LogP contribution is 2.50. The van der Waals surface area contributed by atoms with E-state index in [-0.39, 0.29) is 5.91 Å². The summed E-state index contributed by atoms with van der Waals surface area (Å²) in [7, 11) is 0. The van der Waals surface area contributed by atoms with Crippen molar-refractivity contribution >= 4 is 5.91 Å². The Balaban J connectivity index is 1.19. The van der Waals surface area contributed by atoms with E-state index in [0.717, 1.165) is 37.0 Å². The molecule has 1 saturated carbocycles. The molecule has 136 valence electrons. The third-order valence-electron chi connectivity index (χ3n) is 7.57. The van der Waals surface area contributed by atoms with Crippen LogP contribution in [0.3, 0.4) is 0 Å². The van der Waals surface area contributed by atoms with Gasteiger partial charge in [-0.25, -0.2) is 0 Å². The van der Waals surface area contributed by atoms with Crippen LogP contribution < -0.4 is 0 Å². The lowest BCUT2D eigenvalue weighted by Gasteiger charge is -2.61. The molecule has 4 fully saturated rings. The second kappa shape index (κ2) is 6.28. The summed E-state index contributed by atoms with van der Waals surface area (Å²) in [6.45, 7) is 13.8. The zero-order valence-electron chi connectivity index (χ0n) is 15.8. The third kappa shape index (κ3) is 3.01. The monoisotopic (exact) mass is 333 g/mol. The Morgan fingerprint density at radius 1 is 0.958 bits per heavy atom. The Bertz CT molecular complexity index is 469. The number of hydrogen-bond acceptors (Lipinski definition) is 3. The first-order chi connectivity index (χ1) is 11.5. The van der Waals surface area contributed by atoms with Crippen LogP contribution in [-0.2, 0) is 4.79 Å². The van der Waals surface area contributed by atoms with Crippen molar-refractivity contribution in [3.8, 4) is 0 Å². The van der Waals surface area contributed by atoms with Crippen molar-refractivity contribution in [2.24, 2.45) is 17.3 Å². The lowest BCUT2D eigenvalue weighted by atomic mass is 9.60. The van der Waals surface area contributed by atoms with Crippen LogP contribution in [0, 0.1) is 17.3 Å². The van der Waals surface area contributed by atoms with Gasteiger partial charge in [-0.05, 0) is 63.6 Å². The molecule has 0 N–H and O–H groups in total. The smallest absolute Gasteiger partial charge is 0.219 e. The van der Waals surface area contributed by atoms with Gasteiger partial charge < -0.3 is 9.80 Å². The Labute approximate surface area is 147 Å². The highest BCUT2D eigenvalue weighted by Gasteiger charge is 2.54. The second-order valence-corrected chi connectivity index (χ2v) is 9.49. The molecule has 0 aromatic carbocycles. The van der Waals surface area contributed by atoms with E-state index in [1.165, 1.54) is 58.3 Å².